The first kappa shape index (κ1) is 13.3. The molecular weight excluding hydrogens is 290 g/mol. The molecule has 6 nitrogen and oxygen atoms in total. The molecule has 7 heteroatoms. The van der Waals surface area contributed by atoms with Crippen LogP contribution in [0, 0.1) is 0 Å². The van der Waals surface area contributed by atoms with Gasteiger partial charge in [0.2, 0.25) is 5.91 Å². The first-order chi connectivity index (χ1) is 10.1. The summed E-state index contributed by atoms with van der Waals surface area (Å²) in [5, 5.41) is 13.0. The van der Waals surface area contributed by atoms with E-state index in [4.69, 9.17) is 5.11 Å². The standard InChI is InChI=1S/C14H11N3O3S/c18-12(7-13(19)20)15-10-3-1-9(2-4-10)11-8-17-5-6-21-14(17)16-11/h1-6,8H,7H2,(H,15,18)(H,19,20). The number of carboxylic acids is 1. The van der Waals surface area contributed by atoms with E-state index in [1.807, 2.05) is 34.3 Å². The summed E-state index contributed by atoms with van der Waals surface area (Å²) in [5.41, 5.74) is 2.35. The molecule has 3 aromatic rings. The number of aliphatic carboxylic acids is 1. The zero-order chi connectivity index (χ0) is 14.8. The fraction of sp³-hybridized carbons (Fsp3) is 0.0714. The lowest BCUT2D eigenvalue weighted by Crippen LogP contribution is -2.15. The molecule has 0 saturated heterocycles. The normalized spacial score (nSPS) is 10.7. The first-order valence-electron chi connectivity index (χ1n) is 6.16. The number of nitrogens with one attached hydrogen (secondary N) is 1. The number of rotatable bonds is 4. The smallest absolute Gasteiger partial charge is 0.312 e. The maximum absolute atomic E-state index is 11.4. The Morgan fingerprint density at radius 2 is 2.05 bits per heavy atom. The molecule has 3 rings (SSSR count). The Morgan fingerprint density at radius 3 is 2.71 bits per heavy atom. The van der Waals surface area contributed by atoms with Crippen molar-refractivity contribution in [1.82, 2.24) is 9.38 Å². The summed E-state index contributed by atoms with van der Waals surface area (Å²) in [6.45, 7) is 0. The van der Waals surface area contributed by atoms with Gasteiger partial charge in [0, 0.05) is 29.0 Å². The lowest BCUT2D eigenvalue weighted by atomic mass is 10.1. The van der Waals surface area contributed by atoms with Gasteiger partial charge in [-0.25, -0.2) is 4.98 Å². The van der Waals surface area contributed by atoms with E-state index in [9.17, 15) is 9.59 Å². The number of nitrogens with zero attached hydrogens (tertiary/aromatic N) is 2. The Bertz CT molecular complexity index is 776. The minimum Gasteiger partial charge on any atom is -0.481 e. The van der Waals surface area contributed by atoms with Gasteiger partial charge in [-0.1, -0.05) is 12.1 Å². The van der Waals surface area contributed by atoms with Crippen molar-refractivity contribution in [1.29, 1.82) is 0 Å². The van der Waals surface area contributed by atoms with Crippen LogP contribution in [0.2, 0.25) is 0 Å². The van der Waals surface area contributed by atoms with Crippen LogP contribution >= 0.6 is 11.3 Å². The van der Waals surface area contributed by atoms with Gasteiger partial charge in [0.15, 0.2) is 4.96 Å². The minimum absolute atomic E-state index is 0.543. The summed E-state index contributed by atoms with van der Waals surface area (Å²) in [4.78, 5) is 27.2. The van der Waals surface area contributed by atoms with Crippen LogP contribution in [0.4, 0.5) is 5.69 Å². The zero-order valence-electron chi connectivity index (χ0n) is 10.8. The van der Waals surface area contributed by atoms with Crippen molar-refractivity contribution in [3.05, 3.63) is 42.0 Å². The van der Waals surface area contributed by atoms with Crippen molar-refractivity contribution in [2.45, 2.75) is 6.42 Å². The van der Waals surface area contributed by atoms with Crippen molar-refractivity contribution in [3.63, 3.8) is 0 Å². The molecule has 2 N–H and O–H groups in total. The lowest BCUT2D eigenvalue weighted by molar-refractivity contribution is -0.139. The van der Waals surface area contributed by atoms with E-state index >= 15 is 0 Å². The molecule has 0 spiro atoms. The predicted octanol–water partition coefficient (Wildman–Crippen LogP) is 2.48. The van der Waals surface area contributed by atoms with Crippen molar-refractivity contribution < 1.29 is 14.7 Å². The van der Waals surface area contributed by atoms with Gasteiger partial charge >= 0.3 is 5.97 Å². The maximum atomic E-state index is 11.4. The number of carbonyl (C=O) groups is 2. The van der Waals surface area contributed by atoms with Crippen molar-refractivity contribution in [2.75, 3.05) is 5.32 Å². The second-order valence-electron chi connectivity index (χ2n) is 4.42. The molecule has 2 aromatic heterocycles. The average Bonchev–Trinajstić information content (AvgIpc) is 2.99. The summed E-state index contributed by atoms with van der Waals surface area (Å²) < 4.78 is 1.95. The van der Waals surface area contributed by atoms with Crippen molar-refractivity contribution >= 4 is 33.9 Å². The fourth-order valence-electron chi connectivity index (χ4n) is 1.93. The number of fused-ring (bicyclic) bond motifs is 1. The van der Waals surface area contributed by atoms with Crippen LogP contribution in [-0.4, -0.2) is 26.4 Å². The monoisotopic (exact) mass is 301 g/mol. The van der Waals surface area contributed by atoms with Gasteiger partial charge in [0.05, 0.1) is 5.69 Å². The lowest BCUT2D eigenvalue weighted by Gasteiger charge is -2.04. The molecule has 0 aliphatic heterocycles. The van der Waals surface area contributed by atoms with E-state index in [0.717, 1.165) is 16.2 Å². The highest BCUT2D eigenvalue weighted by atomic mass is 32.1. The number of hydrogen-bond acceptors (Lipinski definition) is 4. The highest BCUT2D eigenvalue weighted by Crippen LogP contribution is 2.23. The van der Waals surface area contributed by atoms with Gasteiger partial charge < -0.3 is 10.4 Å². The molecule has 0 unspecified atom stereocenters. The molecule has 1 amide bonds. The SMILES string of the molecule is O=C(O)CC(=O)Nc1ccc(-c2cn3ccsc3n2)cc1. The van der Waals surface area contributed by atoms with Gasteiger partial charge in [-0.05, 0) is 12.1 Å². The van der Waals surface area contributed by atoms with Gasteiger partial charge in [0.25, 0.3) is 0 Å². The third kappa shape index (κ3) is 2.92. The Balaban J connectivity index is 1.76. The molecule has 106 valence electrons. The average molecular weight is 301 g/mol. The van der Waals surface area contributed by atoms with E-state index in [2.05, 4.69) is 10.3 Å². The molecule has 21 heavy (non-hydrogen) atoms. The highest BCUT2D eigenvalue weighted by molar-refractivity contribution is 7.15. The second-order valence-corrected chi connectivity index (χ2v) is 5.29. The van der Waals surface area contributed by atoms with Crippen LogP contribution in [0.25, 0.3) is 16.2 Å². The second kappa shape index (κ2) is 5.37. The number of thiazole rings is 1. The third-order valence-corrected chi connectivity index (χ3v) is 3.64. The molecule has 0 saturated carbocycles. The maximum Gasteiger partial charge on any atom is 0.312 e. The molecule has 0 bridgehead atoms. The van der Waals surface area contributed by atoms with Crippen LogP contribution in [0.1, 0.15) is 6.42 Å². The van der Waals surface area contributed by atoms with Crippen molar-refractivity contribution in [3.8, 4) is 11.3 Å². The molecule has 0 aliphatic carbocycles. The Hall–Kier alpha value is -2.67. The highest BCUT2D eigenvalue weighted by Gasteiger charge is 2.09. The number of imidazole rings is 1. The van der Waals surface area contributed by atoms with Crippen LogP contribution in [0.3, 0.4) is 0 Å². The van der Waals surface area contributed by atoms with E-state index < -0.39 is 18.3 Å². The summed E-state index contributed by atoms with van der Waals surface area (Å²) in [6, 6.07) is 7.12. The molecule has 0 fully saturated rings. The number of carboxylic acid groups (broad SMARTS) is 1. The van der Waals surface area contributed by atoms with Gasteiger partial charge in [-0.15, -0.1) is 11.3 Å². The van der Waals surface area contributed by atoms with E-state index in [1.165, 1.54) is 0 Å². The molecule has 0 aliphatic rings. The Labute approximate surface area is 123 Å². The number of benzene rings is 1. The van der Waals surface area contributed by atoms with Gasteiger partial charge in [-0.2, -0.15) is 0 Å². The van der Waals surface area contributed by atoms with Crippen LogP contribution in [0.5, 0.6) is 0 Å². The van der Waals surface area contributed by atoms with Crippen LogP contribution in [0.15, 0.2) is 42.0 Å². The zero-order valence-corrected chi connectivity index (χ0v) is 11.6. The largest absolute Gasteiger partial charge is 0.481 e. The summed E-state index contributed by atoms with van der Waals surface area (Å²) >= 11 is 1.56. The molecule has 0 atom stereocenters. The third-order valence-electron chi connectivity index (χ3n) is 2.87. The number of anilines is 1. The summed E-state index contributed by atoms with van der Waals surface area (Å²) in [5.74, 6) is -1.69. The van der Waals surface area contributed by atoms with E-state index in [-0.39, 0.29) is 0 Å². The number of aromatic nitrogens is 2. The van der Waals surface area contributed by atoms with E-state index in [0.29, 0.717) is 5.69 Å². The predicted molar refractivity (Wildman–Crippen MR) is 79.4 cm³/mol. The van der Waals surface area contributed by atoms with Crippen LogP contribution in [-0.2, 0) is 9.59 Å². The van der Waals surface area contributed by atoms with Gasteiger partial charge in [0.1, 0.15) is 6.42 Å². The number of amides is 1. The Kier molecular flexibility index (Phi) is 3.41. The Morgan fingerprint density at radius 1 is 1.29 bits per heavy atom. The molecule has 2 heterocycles. The number of hydrogen-bond donors (Lipinski definition) is 2. The topological polar surface area (TPSA) is 83.7 Å². The van der Waals surface area contributed by atoms with Crippen molar-refractivity contribution in [2.24, 2.45) is 0 Å². The summed E-state index contributed by atoms with van der Waals surface area (Å²) in [7, 11) is 0. The van der Waals surface area contributed by atoms with E-state index in [1.54, 1.807) is 23.5 Å². The molecule has 0 radical (unpaired) electrons. The number of carbonyl (C=O) groups excluding carboxylic acids is 1. The minimum atomic E-state index is -1.15. The molecule has 1 aromatic carbocycles. The fourth-order valence-corrected chi connectivity index (χ4v) is 2.63. The first-order valence-corrected chi connectivity index (χ1v) is 7.04. The quantitative estimate of drug-likeness (QED) is 0.725. The van der Waals surface area contributed by atoms with Crippen LogP contribution < -0.4 is 5.32 Å². The summed E-state index contributed by atoms with van der Waals surface area (Å²) in [6.07, 6.45) is 3.33. The van der Waals surface area contributed by atoms with Gasteiger partial charge in [-0.3, -0.25) is 14.0 Å². The molecular formula is C14H11N3O3S.